The van der Waals surface area contributed by atoms with Crippen LogP contribution in [0.4, 0.5) is 4.79 Å². The molecule has 7 nitrogen and oxygen atoms in total. The minimum Gasteiger partial charge on any atom is -0.480 e. The molecule has 2 N–H and O–H groups in total. The van der Waals surface area contributed by atoms with Crippen molar-refractivity contribution in [1.29, 1.82) is 0 Å². The summed E-state index contributed by atoms with van der Waals surface area (Å²) in [6, 6.07) is -1.44. The van der Waals surface area contributed by atoms with Crippen molar-refractivity contribution >= 4 is 17.8 Å². The maximum Gasteiger partial charge on any atom is 0.410 e. The van der Waals surface area contributed by atoms with E-state index in [1.807, 2.05) is 0 Å². The molecule has 0 bridgehead atoms. The van der Waals surface area contributed by atoms with Crippen LogP contribution in [0, 0.1) is 0 Å². The number of carboxylic acids is 1. The Kier molecular flexibility index (Phi) is 5.10. The molecular formula is C13H22N2O5. The second-order valence-electron chi connectivity index (χ2n) is 5.96. The van der Waals surface area contributed by atoms with Crippen LogP contribution in [0.3, 0.4) is 0 Å². The lowest BCUT2D eigenvalue weighted by molar-refractivity contribution is -0.143. The number of ketones is 1. The first-order valence-electron chi connectivity index (χ1n) is 6.57. The number of hydrogen-bond acceptors (Lipinski definition) is 5. The fourth-order valence-corrected chi connectivity index (χ4v) is 1.99. The predicted octanol–water partition coefficient (Wildman–Crippen LogP) is 0.628. The molecule has 1 amide bonds. The summed E-state index contributed by atoms with van der Waals surface area (Å²) in [5.41, 5.74) is -0.564. The number of nitrogens with one attached hydrogen (secondary N) is 1. The smallest absolute Gasteiger partial charge is 0.410 e. The van der Waals surface area contributed by atoms with E-state index in [2.05, 4.69) is 5.32 Å². The number of amides is 1. The van der Waals surface area contributed by atoms with Gasteiger partial charge in [0.1, 0.15) is 5.60 Å². The Morgan fingerprint density at radius 2 is 1.95 bits per heavy atom. The highest BCUT2D eigenvalue weighted by atomic mass is 16.6. The number of likely N-dealkylation sites (tertiary alicyclic amines) is 1. The van der Waals surface area contributed by atoms with Gasteiger partial charge in [-0.15, -0.1) is 0 Å². The highest BCUT2D eigenvalue weighted by Crippen LogP contribution is 2.15. The van der Waals surface area contributed by atoms with Gasteiger partial charge in [-0.3, -0.25) is 14.9 Å². The molecule has 114 valence electrons. The molecule has 2 atom stereocenters. The van der Waals surface area contributed by atoms with Gasteiger partial charge in [-0.05, 0) is 34.1 Å². The van der Waals surface area contributed by atoms with Crippen molar-refractivity contribution in [1.82, 2.24) is 10.2 Å². The van der Waals surface area contributed by atoms with Crippen molar-refractivity contribution in [3.63, 3.8) is 0 Å². The van der Waals surface area contributed by atoms with E-state index in [1.165, 1.54) is 11.8 Å². The first-order chi connectivity index (χ1) is 9.10. The zero-order valence-electron chi connectivity index (χ0n) is 12.3. The van der Waals surface area contributed by atoms with Crippen molar-refractivity contribution in [2.75, 3.05) is 13.1 Å². The second kappa shape index (κ2) is 6.21. The lowest BCUT2D eigenvalue weighted by Crippen LogP contribution is -2.48. The Labute approximate surface area is 118 Å². The Hall–Kier alpha value is -1.63. The lowest BCUT2D eigenvalue weighted by atomic mass is 10.1. The summed E-state index contributed by atoms with van der Waals surface area (Å²) < 4.78 is 5.25. The van der Waals surface area contributed by atoms with Crippen molar-refractivity contribution in [2.24, 2.45) is 0 Å². The number of rotatable bonds is 4. The summed E-state index contributed by atoms with van der Waals surface area (Å²) in [6.07, 6.45) is 0.174. The monoisotopic (exact) mass is 286 g/mol. The van der Waals surface area contributed by atoms with Gasteiger partial charge in [-0.1, -0.05) is 0 Å². The molecule has 1 fully saturated rings. The number of Topliss-reactive ketones (excluding diaryl/α,β-unsaturated/α-hetero) is 1. The highest BCUT2D eigenvalue weighted by molar-refractivity contribution is 6.01. The molecule has 1 heterocycles. The van der Waals surface area contributed by atoms with Gasteiger partial charge in [0.15, 0.2) is 11.8 Å². The van der Waals surface area contributed by atoms with Crippen molar-refractivity contribution in [3.8, 4) is 0 Å². The molecule has 0 unspecified atom stereocenters. The Morgan fingerprint density at radius 3 is 2.40 bits per heavy atom. The number of nitrogens with zero attached hydrogens (tertiary/aromatic N) is 1. The molecule has 1 rings (SSSR count). The first kappa shape index (κ1) is 16.4. The van der Waals surface area contributed by atoms with Crippen LogP contribution in [0.15, 0.2) is 0 Å². The average Bonchev–Trinajstić information content (AvgIpc) is 2.71. The minimum atomic E-state index is -1.22. The summed E-state index contributed by atoms with van der Waals surface area (Å²) in [6.45, 7) is 7.40. The second-order valence-corrected chi connectivity index (χ2v) is 5.96. The van der Waals surface area contributed by atoms with E-state index < -0.39 is 29.5 Å². The van der Waals surface area contributed by atoms with Crippen LogP contribution < -0.4 is 5.32 Å². The van der Waals surface area contributed by atoms with E-state index in [9.17, 15) is 14.4 Å². The van der Waals surface area contributed by atoms with Crippen LogP contribution in [-0.4, -0.2) is 58.6 Å². The number of hydrogen-bond donors (Lipinski definition) is 2. The molecule has 0 aliphatic carbocycles. The fourth-order valence-electron chi connectivity index (χ4n) is 1.99. The van der Waals surface area contributed by atoms with E-state index in [4.69, 9.17) is 9.84 Å². The molecule has 7 heteroatoms. The van der Waals surface area contributed by atoms with Crippen LogP contribution in [0.1, 0.15) is 34.1 Å². The van der Waals surface area contributed by atoms with E-state index >= 15 is 0 Å². The quantitative estimate of drug-likeness (QED) is 0.736. The number of carbonyl (C=O) groups excluding carboxylic acids is 2. The van der Waals surface area contributed by atoms with Crippen LogP contribution >= 0.6 is 0 Å². The summed E-state index contributed by atoms with van der Waals surface area (Å²) in [4.78, 5) is 35.5. The maximum absolute atomic E-state index is 11.9. The minimum absolute atomic E-state index is 0.215. The van der Waals surface area contributed by atoms with Gasteiger partial charge in [0.2, 0.25) is 0 Å². The van der Waals surface area contributed by atoms with Crippen LogP contribution in [0.25, 0.3) is 0 Å². The molecule has 20 heavy (non-hydrogen) atoms. The zero-order valence-corrected chi connectivity index (χ0v) is 12.3. The van der Waals surface area contributed by atoms with Gasteiger partial charge in [0, 0.05) is 19.1 Å². The van der Waals surface area contributed by atoms with Gasteiger partial charge >= 0.3 is 12.1 Å². The molecule has 0 radical (unpaired) electrons. The zero-order chi connectivity index (χ0) is 15.5. The summed E-state index contributed by atoms with van der Waals surface area (Å²) >= 11 is 0. The summed E-state index contributed by atoms with van der Waals surface area (Å²) in [7, 11) is 0. The maximum atomic E-state index is 11.9. The number of carboxylic acid groups (broad SMARTS) is 1. The standard InChI is InChI=1S/C13H22N2O5/c1-8(16)10(11(17)18)14-9-5-6-15(7-9)12(19)20-13(2,3)4/h9-10,14H,5-7H2,1-4H3,(H,17,18)/t9-,10-/m0/s1. The molecular weight excluding hydrogens is 264 g/mol. The molecule has 0 saturated carbocycles. The van der Waals surface area contributed by atoms with Crippen LogP contribution in [0.2, 0.25) is 0 Å². The number of aliphatic carboxylic acids is 1. The van der Waals surface area contributed by atoms with E-state index in [1.54, 1.807) is 20.8 Å². The van der Waals surface area contributed by atoms with Gasteiger partial charge in [0.25, 0.3) is 0 Å². The molecule has 0 spiro atoms. The number of ether oxygens (including phenoxy) is 1. The van der Waals surface area contributed by atoms with Crippen molar-refractivity contribution in [2.45, 2.75) is 51.8 Å². The Balaban J connectivity index is 2.53. The van der Waals surface area contributed by atoms with Gasteiger partial charge < -0.3 is 14.7 Å². The largest absolute Gasteiger partial charge is 0.480 e. The summed E-state index contributed by atoms with van der Waals surface area (Å²) in [5.74, 6) is -1.65. The normalized spacial score (nSPS) is 20.6. The molecule has 0 aromatic heterocycles. The fraction of sp³-hybridized carbons (Fsp3) is 0.769. The average molecular weight is 286 g/mol. The topological polar surface area (TPSA) is 95.9 Å². The predicted molar refractivity (Wildman–Crippen MR) is 71.5 cm³/mol. The third-order valence-corrected chi connectivity index (χ3v) is 2.90. The molecule has 0 aromatic carbocycles. The van der Waals surface area contributed by atoms with Gasteiger partial charge in [0.05, 0.1) is 0 Å². The van der Waals surface area contributed by atoms with Crippen molar-refractivity contribution < 1.29 is 24.2 Å². The van der Waals surface area contributed by atoms with E-state index in [-0.39, 0.29) is 6.04 Å². The van der Waals surface area contributed by atoms with Crippen LogP contribution in [0.5, 0.6) is 0 Å². The lowest BCUT2D eigenvalue weighted by Gasteiger charge is -2.24. The molecule has 1 saturated heterocycles. The third-order valence-electron chi connectivity index (χ3n) is 2.90. The Bertz CT molecular complexity index is 388. The van der Waals surface area contributed by atoms with Crippen molar-refractivity contribution in [3.05, 3.63) is 0 Å². The van der Waals surface area contributed by atoms with E-state index in [0.717, 1.165) is 0 Å². The highest BCUT2D eigenvalue weighted by Gasteiger charge is 2.33. The molecule has 0 aromatic rings. The summed E-state index contributed by atoms with van der Waals surface area (Å²) in [5, 5.41) is 11.7. The SMILES string of the molecule is CC(=O)[C@H](N[C@H]1CCN(C(=O)OC(C)(C)C)C1)C(=O)O. The molecule has 1 aliphatic heterocycles. The Morgan fingerprint density at radius 1 is 1.35 bits per heavy atom. The third kappa shape index (κ3) is 4.80. The van der Waals surface area contributed by atoms with Gasteiger partial charge in [-0.2, -0.15) is 0 Å². The number of carbonyl (C=O) groups is 3. The van der Waals surface area contributed by atoms with Crippen LogP contribution in [-0.2, 0) is 14.3 Å². The first-order valence-corrected chi connectivity index (χ1v) is 6.57. The van der Waals surface area contributed by atoms with Gasteiger partial charge in [-0.25, -0.2) is 4.79 Å². The van der Waals surface area contributed by atoms with E-state index in [0.29, 0.717) is 19.5 Å². The molecule has 1 aliphatic rings.